The summed E-state index contributed by atoms with van der Waals surface area (Å²) in [5.74, 6) is -0.897. The zero-order valence-electron chi connectivity index (χ0n) is 10.4. The Labute approximate surface area is 114 Å². The second-order valence-corrected chi connectivity index (χ2v) is 5.37. The Morgan fingerprint density at radius 1 is 1.32 bits per heavy atom. The molecule has 3 amide bonds. The molecule has 0 spiro atoms. The van der Waals surface area contributed by atoms with E-state index < -0.39 is 11.9 Å². The highest BCUT2D eigenvalue weighted by atomic mass is 32.1. The minimum absolute atomic E-state index is 0.0244. The molecular weight excluding hydrogens is 266 g/mol. The predicted molar refractivity (Wildman–Crippen MR) is 70.3 cm³/mol. The Bertz CT molecular complexity index is 482. The van der Waals surface area contributed by atoms with Crippen LogP contribution in [0.2, 0.25) is 0 Å². The van der Waals surface area contributed by atoms with Gasteiger partial charge in [-0.15, -0.1) is 11.3 Å². The molecule has 1 aromatic heterocycles. The third-order valence-electron chi connectivity index (χ3n) is 2.74. The van der Waals surface area contributed by atoms with E-state index in [1.165, 1.54) is 11.3 Å². The quantitative estimate of drug-likeness (QED) is 0.699. The van der Waals surface area contributed by atoms with E-state index in [0.717, 1.165) is 12.8 Å². The Hall–Kier alpha value is -1.89. The molecule has 19 heavy (non-hydrogen) atoms. The van der Waals surface area contributed by atoms with Crippen LogP contribution in [0.25, 0.3) is 0 Å². The van der Waals surface area contributed by atoms with Gasteiger partial charge in [0.2, 0.25) is 5.91 Å². The molecule has 0 radical (unpaired) electrons. The average molecular weight is 281 g/mol. The van der Waals surface area contributed by atoms with Gasteiger partial charge in [0, 0.05) is 5.92 Å². The molecule has 3 N–H and O–H groups in total. The number of hydrogen-bond donors (Lipinski definition) is 3. The van der Waals surface area contributed by atoms with Gasteiger partial charge in [-0.3, -0.25) is 25.2 Å². The molecule has 0 bridgehead atoms. The minimum atomic E-state index is -0.714. The van der Waals surface area contributed by atoms with Crippen molar-refractivity contribution in [1.82, 2.24) is 16.2 Å². The van der Waals surface area contributed by atoms with Gasteiger partial charge in [-0.05, 0) is 31.2 Å². The summed E-state index contributed by atoms with van der Waals surface area (Å²) in [4.78, 5) is 35.2. The van der Waals surface area contributed by atoms with Crippen LogP contribution in [0.3, 0.4) is 0 Å². The highest BCUT2D eigenvalue weighted by Crippen LogP contribution is 2.28. The van der Waals surface area contributed by atoms with Gasteiger partial charge in [-0.25, -0.2) is 0 Å². The topological polar surface area (TPSA) is 87.3 Å². The van der Waals surface area contributed by atoms with Gasteiger partial charge in [-0.2, -0.15) is 0 Å². The smallest absolute Gasteiger partial charge is 0.261 e. The van der Waals surface area contributed by atoms with Crippen molar-refractivity contribution in [2.45, 2.75) is 25.8 Å². The van der Waals surface area contributed by atoms with E-state index >= 15 is 0 Å². The van der Waals surface area contributed by atoms with Crippen LogP contribution >= 0.6 is 11.3 Å². The van der Waals surface area contributed by atoms with Gasteiger partial charge >= 0.3 is 0 Å². The Balaban J connectivity index is 1.75. The zero-order valence-corrected chi connectivity index (χ0v) is 11.3. The van der Waals surface area contributed by atoms with E-state index in [9.17, 15) is 14.4 Å². The molecule has 6 nitrogen and oxygen atoms in total. The average Bonchev–Trinajstić information content (AvgIpc) is 3.10. The third-order valence-corrected chi connectivity index (χ3v) is 3.61. The normalized spacial score (nSPS) is 15.4. The standard InChI is InChI=1S/C12H15N3O3S/c1-7(13-12(18)9-3-2-6-19-9)10(16)14-15-11(17)8-4-5-8/h2-3,6-8H,4-5H2,1H3,(H,13,18)(H,14,16)(H,15,17). The number of carbonyl (C=O) groups excluding carboxylic acids is 3. The van der Waals surface area contributed by atoms with Crippen LogP contribution < -0.4 is 16.2 Å². The van der Waals surface area contributed by atoms with Gasteiger partial charge in [0.05, 0.1) is 4.88 Å². The first-order chi connectivity index (χ1) is 9.08. The fourth-order valence-corrected chi connectivity index (χ4v) is 2.05. The van der Waals surface area contributed by atoms with Crippen LogP contribution in [-0.2, 0) is 9.59 Å². The van der Waals surface area contributed by atoms with E-state index in [2.05, 4.69) is 16.2 Å². The third kappa shape index (κ3) is 3.78. The molecule has 1 atom stereocenters. The van der Waals surface area contributed by atoms with Crippen LogP contribution in [0, 0.1) is 5.92 Å². The lowest BCUT2D eigenvalue weighted by Gasteiger charge is -2.14. The SMILES string of the molecule is CC(NC(=O)c1cccs1)C(=O)NNC(=O)C1CC1. The van der Waals surface area contributed by atoms with Crippen molar-refractivity contribution in [1.29, 1.82) is 0 Å². The second-order valence-electron chi connectivity index (χ2n) is 4.43. The summed E-state index contributed by atoms with van der Waals surface area (Å²) in [6, 6.07) is 2.73. The molecule has 7 heteroatoms. The van der Waals surface area contributed by atoms with Crippen molar-refractivity contribution in [2.24, 2.45) is 5.92 Å². The van der Waals surface area contributed by atoms with Crippen LogP contribution in [-0.4, -0.2) is 23.8 Å². The Morgan fingerprint density at radius 3 is 2.63 bits per heavy atom. The van der Waals surface area contributed by atoms with Crippen LogP contribution in [0.5, 0.6) is 0 Å². The molecule has 0 saturated heterocycles. The number of thiophene rings is 1. The molecule has 1 aliphatic rings. The van der Waals surface area contributed by atoms with Gasteiger partial charge in [0.25, 0.3) is 11.8 Å². The summed E-state index contributed by atoms with van der Waals surface area (Å²) in [5.41, 5.74) is 4.65. The fraction of sp³-hybridized carbons (Fsp3) is 0.417. The minimum Gasteiger partial charge on any atom is -0.340 e. The zero-order chi connectivity index (χ0) is 13.8. The van der Waals surface area contributed by atoms with Crippen LogP contribution in [0.15, 0.2) is 17.5 Å². The van der Waals surface area contributed by atoms with E-state index in [1.54, 1.807) is 24.4 Å². The summed E-state index contributed by atoms with van der Waals surface area (Å²) in [6.07, 6.45) is 1.73. The number of hydrogen-bond acceptors (Lipinski definition) is 4. The van der Waals surface area contributed by atoms with Crippen molar-refractivity contribution in [3.8, 4) is 0 Å². The predicted octanol–water partition coefficient (Wildman–Crippen LogP) is 0.424. The Kier molecular flexibility index (Phi) is 4.16. The summed E-state index contributed by atoms with van der Waals surface area (Å²) in [5, 5.41) is 4.35. The highest BCUT2D eigenvalue weighted by Gasteiger charge is 2.30. The maximum atomic E-state index is 11.7. The maximum Gasteiger partial charge on any atom is 0.261 e. The molecule has 0 aromatic carbocycles. The van der Waals surface area contributed by atoms with Crippen molar-refractivity contribution >= 4 is 29.1 Å². The van der Waals surface area contributed by atoms with E-state index in [0.29, 0.717) is 4.88 Å². The second kappa shape index (κ2) is 5.83. The molecule has 102 valence electrons. The molecule has 1 heterocycles. The lowest BCUT2D eigenvalue weighted by molar-refractivity contribution is -0.130. The maximum absolute atomic E-state index is 11.7. The summed E-state index contributed by atoms with van der Waals surface area (Å²) >= 11 is 1.30. The van der Waals surface area contributed by atoms with Crippen molar-refractivity contribution in [3.63, 3.8) is 0 Å². The van der Waals surface area contributed by atoms with Crippen molar-refractivity contribution in [2.75, 3.05) is 0 Å². The first kappa shape index (κ1) is 13.5. The molecule has 0 aliphatic heterocycles. The molecule has 1 unspecified atom stereocenters. The van der Waals surface area contributed by atoms with E-state index in [-0.39, 0.29) is 17.7 Å². The Morgan fingerprint density at radius 2 is 2.05 bits per heavy atom. The first-order valence-electron chi connectivity index (χ1n) is 6.02. The van der Waals surface area contributed by atoms with Crippen molar-refractivity contribution < 1.29 is 14.4 Å². The van der Waals surface area contributed by atoms with Gasteiger partial charge in [0.1, 0.15) is 6.04 Å². The number of carbonyl (C=O) groups is 3. The number of nitrogens with one attached hydrogen (secondary N) is 3. The number of hydrazine groups is 1. The molecule has 1 saturated carbocycles. The fourth-order valence-electron chi connectivity index (χ4n) is 1.42. The number of rotatable bonds is 4. The molecule has 2 rings (SSSR count). The van der Waals surface area contributed by atoms with Crippen molar-refractivity contribution in [3.05, 3.63) is 22.4 Å². The molecule has 1 aliphatic carbocycles. The highest BCUT2D eigenvalue weighted by molar-refractivity contribution is 7.12. The largest absolute Gasteiger partial charge is 0.340 e. The monoisotopic (exact) mass is 281 g/mol. The summed E-state index contributed by atoms with van der Waals surface area (Å²) in [7, 11) is 0. The van der Waals surface area contributed by atoms with Crippen LogP contribution in [0.4, 0.5) is 0 Å². The van der Waals surface area contributed by atoms with E-state index in [1.807, 2.05) is 0 Å². The summed E-state index contributed by atoms with van der Waals surface area (Å²) < 4.78 is 0. The van der Waals surface area contributed by atoms with Gasteiger partial charge in [0.15, 0.2) is 0 Å². The number of amides is 3. The first-order valence-corrected chi connectivity index (χ1v) is 6.90. The molecule has 1 fully saturated rings. The van der Waals surface area contributed by atoms with Crippen LogP contribution in [0.1, 0.15) is 29.4 Å². The molecule has 1 aromatic rings. The summed E-state index contributed by atoms with van der Waals surface area (Å²) in [6.45, 7) is 1.56. The van der Waals surface area contributed by atoms with Gasteiger partial charge in [-0.1, -0.05) is 6.07 Å². The van der Waals surface area contributed by atoms with Gasteiger partial charge < -0.3 is 5.32 Å². The molecular formula is C12H15N3O3S. The lowest BCUT2D eigenvalue weighted by Crippen LogP contribution is -2.51. The lowest BCUT2D eigenvalue weighted by atomic mass is 10.3. The van der Waals surface area contributed by atoms with E-state index in [4.69, 9.17) is 0 Å².